The molecule has 1 aliphatic rings. The van der Waals surface area contributed by atoms with Gasteiger partial charge in [0.1, 0.15) is 12.4 Å². The van der Waals surface area contributed by atoms with E-state index in [1.54, 1.807) is 6.26 Å². The first-order chi connectivity index (χ1) is 9.78. The van der Waals surface area contributed by atoms with Crippen molar-refractivity contribution in [3.63, 3.8) is 0 Å². The number of furan rings is 1. The van der Waals surface area contributed by atoms with Crippen LogP contribution in [-0.4, -0.2) is 43.7 Å². The summed E-state index contributed by atoms with van der Waals surface area (Å²) in [7, 11) is 0. The molecule has 20 heavy (non-hydrogen) atoms. The smallest absolute Gasteiger partial charge is 0.246 e. The predicted octanol–water partition coefficient (Wildman–Crippen LogP) is 1.64. The average Bonchev–Trinajstić information content (AvgIpc) is 2.97. The van der Waals surface area contributed by atoms with Crippen LogP contribution < -0.4 is 5.32 Å². The van der Waals surface area contributed by atoms with Gasteiger partial charge in [0.2, 0.25) is 5.91 Å². The molecule has 5 nitrogen and oxygen atoms in total. The van der Waals surface area contributed by atoms with Crippen LogP contribution in [0.15, 0.2) is 22.8 Å². The van der Waals surface area contributed by atoms with Gasteiger partial charge in [-0.05, 0) is 50.9 Å². The quantitative estimate of drug-likeness (QED) is 0.825. The Bertz CT molecular complexity index is 384. The third-order valence-corrected chi connectivity index (χ3v) is 3.69. The molecule has 0 aromatic carbocycles. The van der Waals surface area contributed by atoms with E-state index < -0.39 is 0 Å². The molecule has 1 aliphatic heterocycles. The van der Waals surface area contributed by atoms with Crippen LogP contribution >= 0.6 is 0 Å². The maximum atomic E-state index is 11.5. The SMILES string of the molecule is CCOCC(=O)NCC1CCN(Cc2ccco2)CC1. The van der Waals surface area contributed by atoms with Gasteiger partial charge < -0.3 is 14.5 Å². The molecule has 5 heteroatoms. The number of amides is 1. The molecule has 112 valence electrons. The van der Waals surface area contributed by atoms with Crippen molar-refractivity contribution in [3.05, 3.63) is 24.2 Å². The van der Waals surface area contributed by atoms with Crippen molar-refractivity contribution in [2.24, 2.45) is 5.92 Å². The molecule has 0 radical (unpaired) electrons. The lowest BCUT2D eigenvalue weighted by molar-refractivity contribution is -0.125. The summed E-state index contributed by atoms with van der Waals surface area (Å²) in [5.41, 5.74) is 0. The first kappa shape index (κ1) is 15.1. The highest BCUT2D eigenvalue weighted by molar-refractivity contribution is 5.77. The van der Waals surface area contributed by atoms with Gasteiger partial charge in [0.25, 0.3) is 0 Å². The fraction of sp³-hybridized carbons (Fsp3) is 0.667. The summed E-state index contributed by atoms with van der Waals surface area (Å²) < 4.78 is 10.4. The molecular weight excluding hydrogens is 256 g/mol. The van der Waals surface area contributed by atoms with E-state index in [9.17, 15) is 4.79 Å². The number of ether oxygens (including phenoxy) is 1. The van der Waals surface area contributed by atoms with Gasteiger partial charge in [-0.1, -0.05) is 0 Å². The van der Waals surface area contributed by atoms with Crippen molar-refractivity contribution in [2.75, 3.05) is 32.8 Å². The topological polar surface area (TPSA) is 54.7 Å². The summed E-state index contributed by atoms with van der Waals surface area (Å²) in [6.07, 6.45) is 3.96. The molecule has 0 unspecified atom stereocenters. The minimum absolute atomic E-state index is 0.00938. The Morgan fingerprint density at radius 1 is 1.50 bits per heavy atom. The highest BCUT2D eigenvalue weighted by Gasteiger charge is 2.20. The Kier molecular flexibility index (Phi) is 6.08. The third-order valence-electron chi connectivity index (χ3n) is 3.69. The fourth-order valence-corrected chi connectivity index (χ4v) is 2.48. The molecule has 1 aromatic heterocycles. The van der Waals surface area contributed by atoms with Gasteiger partial charge in [0.05, 0.1) is 12.8 Å². The van der Waals surface area contributed by atoms with Crippen LogP contribution in [0.4, 0.5) is 0 Å². The number of carbonyl (C=O) groups excluding carboxylic acids is 1. The Morgan fingerprint density at radius 2 is 2.30 bits per heavy atom. The molecule has 1 amide bonds. The van der Waals surface area contributed by atoms with E-state index in [-0.39, 0.29) is 12.5 Å². The lowest BCUT2D eigenvalue weighted by Gasteiger charge is -2.31. The first-order valence-electron chi connectivity index (χ1n) is 7.37. The van der Waals surface area contributed by atoms with Crippen LogP contribution in [0.3, 0.4) is 0 Å². The summed E-state index contributed by atoms with van der Waals surface area (Å²) in [4.78, 5) is 13.9. The number of piperidine rings is 1. The zero-order valence-electron chi connectivity index (χ0n) is 12.1. The third kappa shape index (κ3) is 4.98. The van der Waals surface area contributed by atoms with Gasteiger partial charge in [-0.25, -0.2) is 0 Å². The van der Waals surface area contributed by atoms with Crippen molar-refractivity contribution in [3.8, 4) is 0 Å². The van der Waals surface area contributed by atoms with Gasteiger partial charge in [-0.2, -0.15) is 0 Å². The number of hydrogen-bond acceptors (Lipinski definition) is 4. The normalized spacial score (nSPS) is 17.2. The molecular formula is C15H24N2O3. The van der Waals surface area contributed by atoms with Gasteiger partial charge >= 0.3 is 0 Å². The number of nitrogens with one attached hydrogen (secondary N) is 1. The fourth-order valence-electron chi connectivity index (χ4n) is 2.48. The minimum atomic E-state index is -0.00938. The van der Waals surface area contributed by atoms with Gasteiger partial charge in [-0.15, -0.1) is 0 Å². The van der Waals surface area contributed by atoms with E-state index in [2.05, 4.69) is 10.2 Å². The van der Waals surface area contributed by atoms with Crippen molar-refractivity contribution in [2.45, 2.75) is 26.3 Å². The number of nitrogens with zero attached hydrogens (tertiary/aromatic N) is 1. The standard InChI is InChI=1S/C15H24N2O3/c1-2-19-12-15(18)16-10-13-5-7-17(8-6-13)11-14-4-3-9-20-14/h3-4,9,13H,2,5-8,10-12H2,1H3,(H,16,18). The zero-order chi connectivity index (χ0) is 14.2. The van der Waals surface area contributed by atoms with E-state index in [0.29, 0.717) is 12.5 Å². The second-order valence-corrected chi connectivity index (χ2v) is 5.24. The zero-order valence-corrected chi connectivity index (χ0v) is 12.1. The molecule has 0 saturated carbocycles. The number of hydrogen-bond donors (Lipinski definition) is 1. The predicted molar refractivity (Wildman–Crippen MR) is 76.2 cm³/mol. The van der Waals surface area contributed by atoms with E-state index in [1.165, 1.54) is 0 Å². The Balaban J connectivity index is 1.60. The van der Waals surface area contributed by atoms with E-state index in [4.69, 9.17) is 9.15 Å². The van der Waals surface area contributed by atoms with Crippen molar-refractivity contribution < 1.29 is 13.9 Å². The molecule has 0 bridgehead atoms. The second kappa shape index (κ2) is 8.07. The summed E-state index contributed by atoms with van der Waals surface area (Å²) in [6.45, 7) is 6.42. The molecule has 1 aromatic rings. The van der Waals surface area contributed by atoms with E-state index in [0.717, 1.165) is 44.8 Å². The molecule has 2 rings (SSSR count). The van der Waals surface area contributed by atoms with E-state index >= 15 is 0 Å². The molecule has 1 saturated heterocycles. The summed E-state index contributed by atoms with van der Waals surface area (Å²) in [5.74, 6) is 1.59. The van der Waals surface area contributed by atoms with Gasteiger partial charge in [0, 0.05) is 13.2 Å². The lowest BCUT2D eigenvalue weighted by atomic mass is 9.96. The Labute approximate surface area is 120 Å². The molecule has 1 fully saturated rings. The summed E-state index contributed by atoms with van der Waals surface area (Å²) in [5, 5.41) is 2.95. The number of carbonyl (C=O) groups is 1. The maximum absolute atomic E-state index is 11.5. The van der Waals surface area contributed by atoms with Gasteiger partial charge in [0.15, 0.2) is 0 Å². The van der Waals surface area contributed by atoms with Crippen LogP contribution in [0.5, 0.6) is 0 Å². The number of likely N-dealkylation sites (tertiary alicyclic amines) is 1. The van der Waals surface area contributed by atoms with Crippen molar-refractivity contribution >= 4 is 5.91 Å². The monoisotopic (exact) mass is 280 g/mol. The van der Waals surface area contributed by atoms with Crippen LogP contribution in [0.2, 0.25) is 0 Å². The second-order valence-electron chi connectivity index (χ2n) is 5.24. The van der Waals surface area contributed by atoms with Crippen LogP contribution in [0.25, 0.3) is 0 Å². The molecule has 1 N–H and O–H groups in total. The average molecular weight is 280 g/mol. The highest BCUT2D eigenvalue weighted by atomic mass is 16.5. The highest BCUT2D eigenvalue weighted by Crippen LogP contribution is 2.18. The van der Waals surface area contributed by atoms with Gasteiger partial charge in [-0.3, -0.25) is 9.69 Å². The van der Waals surface area contributed by atoms with E-state index in [1.807, 2.05) is 19.1 Å². The van der Waals surface area contributed by atoms with Crippen LogP contribution in [-0.2, 0) is 16.1 Å². The minimum Gasteiger partial charge on any atom is -0.468 e. The molecule has 0 aliphatic carbocycles. The summed E-state index contributed by atoms with van der Waals surface area (Å²) in [6, 6.07) is 3.94. The molecule has 2 heterocycles. The van der Waals surface area contributed by atoms with Crippen LogP contribution in [0.1, 0.15) is 25.5 Å². The maximum Gasteiger partial charge on any atom is 0.246 e. The molecule has 0 spiro atoms. The summed E-state index contributed by atoms with van der Waals surface area (Å²) >= 11 is 0. The van der Waals surface area contributed by atoms with Crippen molar-refractivity contribution in [1.29, 1.82) is 0 Å². The van der Waals surface area contributed by atoms with Crippen molar-refractivity contribution in [1.82, 2.24) is 10.2 Å². The molecule has 0 atom stereocenters. The Hall–Kier alpha value is -1.33. The largest absolute Gasteiger partial charge is 0.468 e. The first-order valence-corrected chi connectivity index (χ1v) is 7.37. The lowest BCUT2D eigenvalue weighted by Crippen LogP contribution is -2.39. The van der Waals surface area contributed by atoms with Crippen LogP contribution in [0, 0.1) is 5.92 Å². The Morgan fingerprint density at radius 3 is 2.95 bits per heavy atom. The number of rotatable bonds is 7.